The summed E-state index contributed by atoms with van der Waals surface area (Å²) in [6, 6.07) is 8.97. The van der Waals surface area contributed by atoms with Crippen molar-refractivity contribution >= 4 is 36.7 Å². The average Bonchev–Trinajstić information content (AvgIpc) is 2.94. The zero-order valence-corrected chi connectivity index (χ0v) is 14.7. The SMILES string of the molecule is COc1ccc2nc(NS(=O)(=O)c3ccc(OC(F)(F)F)cc3)sc2c1. The first kappa shape index (κ1) is 18.3. The lowest BCUT2D eigenvalue weighted by molar-refractivity contribution is -0.274. The van der Waals surface area contributed by atoms with Crippen LogP contribution >= 0.6 is 11.3 Å². The maximum absolute atomic E-state index is 12.4. The zero-order chi connectivity index (χ0) is 18.9. The summed E-state index contributed by atoms with van der Waals surface area (Å²) in [5, 5.41) is 0.129. The van der Waals surface area contributed by atoms with E-state index in [4.69, 9.17) is 4.74 Å². The number of sulfonamides is 1. The molecular formula is C15H11F3N2O4S2. The molecule has 1 aromatic heterocycles. The largest absolute Gasteiger partial charge is 0.573 e. The third kappa shape index (κ3) is 4.17. The minimum absolute atomic E-state index is 0.129. The average molecular weight is 404 g/mol. The van der Waals surface area contributed by atoms with Gasteiger partial charge in [-0.3, -0.25) is 4.72 Å². The minimum Gasteiger partial charge on any atom is -0.497 e. The lowest BCUT2D eigenvalue weighted by atomic mass is 10.3. The van der Waals surface area contributed by atoms with Crippen molar-refractivity contribution in [2.24, 2.45) is 0 Å². The van der Waals surface area contributed by atoms with Crippen molar-refractivity contribution in [2.75, 3.05) is 11.8 Å². The first-order valence-corrected chi connectivity index (χ1v) is 9.29. The first-order chi connectivity index (χ1) is 12.2. The van der Waals surface area contributed by atoms with Gasteiger partial charge < -0.3 is 9.47 Å². The Morgan fingerprint density at radius 1 is 1.08 bits per heavy atom. The van der Waals surface area contributed by atoms with Crippen LogP contribution in [-0.4, -0.2) is 26.9 Å². The summed E-state index contributed by atoms with van der Waals surface area (Å²) in [6.45, 7) is 0. The second kappa shape index (κ2) is 6.65. The summed E-state index contributed by atoms with van der Waals surface area (Å²) in [5.74, 6) is 0.0966. The number of fused-ring (bicyclic) bond motifs is 1. The Bertz CT molecular complexity index is 1030. The number of halogens is 3. The van der Waals surface area contributed by atoms with Gasteiger partial charge in [-0.25, -0.2) is 13.4 Å². The maximum Gasteiger partial charge on any atom is 0.573 e. The van der Waals surface area contributed by atoms with Crippen LogP contribution in [0.25, 0.3) is 10.2 Å². The van der Waals surface area contributed by atoms with E-state index in [-0.39, 0.29) is 10.0 Å². The van der Waals surface area contributed by atoms with Crippen molar-refractivity contribution in [3.05, 3.63) is 42.5 Å². The van der Waals surface area contributed by atoms with Crippen molar-refractivity contribution in [3.8, 4) is 11.5 Å². The van der Waals surface area contributed by atoms with E-state index in [0.717, 1.165) is 40.3 Å². The molecule has 2 aromatic carbocycles. The van der Waals surface area contributed by atoms with Gasteiger partial charge in [0.2, 0.25) is 0 Å². The number of thiazole rings is 1. The van der Waals surface area contributed by atoms with E-state index in [1.807, 2.05) is 0 Å². The van der Waals surface area contributed by atoms with Gasteiger partial charge in [0.15, 0.2) is 5.13 Å². The van der Waals surface area contributed by atoms with E-state index >= 15 is 0 Å². The minimum atomic E-state index is -4.85. The monoisotopic (exact) mass is 404 g/mol. The molecule has 0 aliphatic heterocycles. The molecule has 0 saturated heterocycles. The van der Waals surface area contributed by atoms with Crippen LogP contribution < -0.4 is 14.2 Å². The summed E-state index contributed by atoms with van der Waals surface area (Å²) in [4.78, 5) is 3.95. The molecule has 3 aromatic rings. The molecule has 0 spiro atoms. The van der Waals surface area contributed by atoms with Crippen molar-refractivity contribution in [1.29, 1.82) is 0 Å². The van der Waals surface area contributed by atoms with Crippen molar-refractivity contribution in [2.45, 2.75) is 11.3 Å². The quantitative estimate of drug-likeness (QED) is 0.695. The summed E-state index contributed by atoms with van der Waals surface area (Å²) in [7, 11) is -2.50. The standard InChI is InChI=1S/C15H11F3N2O4S2/c1-23-10-4-7-12-13(8-10)25-14(19-12)20-26(21,22)11-5-2-9(3-6-11)24-15(16,17)18/h2-8H,1H3,(H,19,20). The van der Waals surface area contributed by atoms with Crippen LogP contribution in [0.1, 0.15) is 0 Å². The lowest BCUT2D eigenvalue weighted by Gasteiger charge is -2.09. The first-order valence-electron chi connectivity index (χ1n) is 6.99. The highest BCUT2D eigenvalue weighted by Crippen LogP contribution is 2.31. The molecule has 0 radical (unpaired) electrons. The van der Waals surface area contributed by atoms with Crippen LogP contribution in [0.2, 0.25) is 0 Å². The van der Waals surface area contributed by atoms with Crippen LogP contribution in [0.4, 0.5) is 18.3 Å². The molecule has 0 saturated carbocycles. The van der Waals surface area contributed by atoms with Crippen LogP contribution in [0, 0.1) is 0 Å². The molecule has 0 atom stereocenters. The van der Waals surface area contributed by atoms with Crippen molar-refractivity contribution in [1.82, 2.24) is 4.98 Å². The Hall–Kier alpha value is -2.53. The summed E-state index contributed by atoms with van der Waals surface area (Å²) < 4.78 is 73.0. The number of nitrogens with one attached hydrogen (secondary N) is 1. The highest BCUT2D eigenvalue weighted by molar-refractivity contribution is 7.93. The molecule has 0 aliphatic carbocycles. The summed E-state index contributed by atoms with van der Waals surface area (Å²) >= 11 is 1.10. The van der Waals surface area contributed by atoms with Crippen LogP contribution in [0.5, 0.6) is 11.5 Å². The number of hydrogen-bond acceptors (Lipinski definition) is 6. The van der Waals surface area contributed by atoms with Gasteiger partial charge in [-0.05, 0) is 42.5 Å². The van der Waals surface area contributed by atoms with Gasteiger partial charge in [0, 0.05) is 0 Å². The van der Waals surface area contributed by atoms with E-state index < -0.39 is 22.1 Å². The molecule has 11 heteroatoms. The predicted molar refractivity (Wildman–Crippen MR) is 90.1 cm³/mol. The van der Waals surface area contributed by atoms with Gasteiger partial charge in [-0.1, -0.05) is 11.3 Å². The number of ether oxygens (including phenoxy) is 2. The molecule has 0 amide bonds. The highest BCUT2D eigenvalue weighted by Gasteiger charge is 2.31. The lowest BCUT2D eigenvalue weighted by Crippen LogP contribution is -2.17. The number of nitrogens with zero attached hydrogens (tertiary/aromatic N) is 1. The van der Waals surface area contributed by atoms with Gasteiger partial charge >= 0.3 is 6.36 Å². The molecule has 138 valence electrons. The molecule has 6 nitrogen and oxygen atoms in total. The van der Waals surface area contributed by atoms with Gasteiger partial charge in [0.1, 0.15) is 11.5 Å². The molecule has 0 fully saturated rings. The Morgan fingerprint density at radius 3 is 2.35 bits per heavy atom. The number of rotatable bonds is 5. The van der Waals surface area contributed by atoms with Gasteiger partial charge in [0.05, 0.1) is 22.2 Å². The molecule has 0 aliphatic rings. The fourth-order valence-electron chi connectivity index (χ4n) is 2.07. The van der Waals surface area contributed by atoms with Crippen LogP contribution in [0.3, 0.4) is 0 Å². The number of alkyl halides is 3. The second-order valence-corrected chi connectivity index (χ2v) is 7.69. The Morgan fingerprint density at radius 2 is 1.73 bits per heavy atom. The number of anilines is 1. The molecule has 26 heavy (non-hydrogen) atoms. The third-order valence-electron chi connectivity index (χ3n) is 3.18. The number of benzene rings is 2. The summed E-state index contributed by atoms with van der Waals surface area (Å²) in [5.41, 5.74) is 0.586. The number of aromatic nitrogens is 1. The fourth-order valence-corrected chi connectivity index (χ4v) is 4.20. The van der Waals surface area contributed by atoms with E-state index in [0.29, 0.717) is 11.3 Å². The van der Waals surface area contributed by atoms with Gasteiger partial charge in [-0.2, -0.15) is 0 Å². The number of methoxy groups -OCH3 is 1. The molecule has 0 bridgehead atoms. The Labute approximate surface area is 150 Å². The maximum atomic E-state index is 12.4. The smallest absolute Gasteiger partial charge is 0.497 e. The summed E-state index contributed by atoms with van der Waals surface area (Å²) in [6.07, 6.45) is -4.85. The molecule has 0 unspecified atom stereocenters. The fraction of sp³-hybridized carbons (Fsp3) is 0.133. The van der Waals surface area contributed by atoms with Crippen LogP contribution in [-0.2, 0) is 10.0 Å². The molecule has 1 N–H and O–H groups in total. The van der Waals surface area contributed by atoms with Gasteiger partial charge in [-0.15, -0.1) is 13.2 Å². The van der Waals surface area contributed by atoms with Crippen LogP contribution in [0.15, 0.2) is 47.4 Å². The van der Waals surface area contributed by atoms with E-state index in [1.165, 1.54) is 7.11 Å². The van der Waals surface area contributed by atoms with E-state index in [1.54, 1.807) is 18.2 Å². The van der Waals surface area contributed by atoms with Crippen molar-refractivity contribution < 1.29 is 31.1 Å². The van der Waals surface area contributed by atoms with E-state index in [2.05, 4.69) is 14.4 Å². The predicted octanol–water partition coefficient (Wildman–Crippen LogP) is 4.00. The number of hydrogen-bond donors (Lipinski definition) is 1. The third-order valence-corrected chi connectivity index (χ3v) is 5.60. The Kier molecular flexibility index (Phi) is 4.67. The normalized spacial score (nSPS) is 12.2. The molecule has 1 heterocycles. The highest BCUT2D eigenvalue weighted by atomic mass is 32.2. The van der Waals surface area contributed by atoms with Gasteiger partial charge in [0.25, 0.3) is 10.0 Å². The Balaban J connectivity index is 1.82. The molecular weight excluding hydrogens is 393 g/mol. The zero-order valence-electron chi connectivity index (χ0n) is 13.1. The molecule has 3 rings (SSSR count). The van der Waals surface area contributed by atoms with Crippen molar-refractivity contribution in [3.63, 3.8) is 0 Å². The topological polar surface area (TPSA) is 77.5 Å². The van der Waals surface area contributed by atoms with E-state index in [9.17, 15) is 21.6 Å². The second-order valence-electron chi connectivity index (χ2n) is 4.98.